The molecule has 1 aromatic heterocycles. The van der Waals surface area contributed by atoms with E-state index in [0.717, 1.165) is 40.4 Å². The molecule has 1 N–H and O–H groups in total. The summed E-state index contributed by atoms with van der Waals surface area (Å²) in [4.78, 5) is 12.4. The van der Waals surface area contributed by atoms with Gasteiger partial charge in [0.15, 0.2) is 0 Å². The number of rotatable bonds is 5. The Bertz CT molecular complexity index is 1390. The molecule has 4 aromatic rings. The topological polar surface area (TPSA) is 67.0 Å². The highest BCUT2D eigenvalue weighted by Crippen LogP contribution is 2.33. The van der Waals surface area contributed by atoms with Gasteiger partial charge >= 0.3 is 6.09 Å². The zero-order chi connectivity index (χ0) is 23.5. The van der Waals surface area contributed by atoms with Gasteiger partial charge in [-0.25, -0.2) is 9.18 Å². The SMILES string of the molecule is N#Cc1ccc2c(c1)c1c(n2Cc2cccc(F)c2)CCC(NC(=O)OCc2ccccc2)C1. The molecular formula is C28H24FN3O2. The maximum absolute atomic E-state index is 13.8. The second kappa shape index (κ2) is 9.40. The molecule has 1 unspecified atom stereocenters. The molecule has 1 amide bonds. The van der Waals surface area contributed by atoms with Gasteiger partial charge in [-0.3, -0.25) is 0 Å². The molecule has 1 heterocycles. The number of carbonyl (C=O) groups is 1. The van der Waals surface area contributed by atoms with Crippen molar-refractivity contribution in [3.63, 3.8) is 0 Å². The van der Waals surface area contributed by atoms with Gasteiger partial charge in [0, 0.05) is 29.2 Å². The highest BCUT2D eigenvalue weighted by Gasteiger charge is 2.27. The molecule has 34 heavy (non-hydrogen) atoms. The van der Waals surface area contributed by atoms with Crippen LogP contribution in [0.4, 0.5) is 9.18 Å². The van der Waals surface area contributed by atoms with Gasteiger partial charge < -0.3 is 14.6 Å². The van der Waals surface area contributed by atoms with E-state index in [1.807, 2.05) is 54.6 Å². The van der Waals surface area contributed by atoms with Gasteiger partial charge in [0.25, 0.3) is 0 Å². The monoisotopic (exact) mass is 453 g/mol. The van der Waals surface area contributed by atoms with Crippen LogP contribution in [-0.2, 0) is 30.7 Å². The van der Waals surface area contributed by atoms with E-state index < -0.39 is 6.09 Å². The maximum Gasteiger partial charge on any atom is 0.407 e. The summed E-state index contributed by atoms with van der Waals surface area (Å²) in [6.45, 7) is 0.774. The van der Waals surface area contributed by atoms with E-state index in [9.17, 15) is 14.4 Å². The molecule has 0 radical (unpaired) electrons. The van der Waals surface area contributed by atoms with Crippen molar-refractivity contribution in [3.8, 4) is 6.07 Å². The largest absolute Gasteiger partial charge is 0.445 e. The lowest BCUT2D eigenvalue weighted by molar-refractivity contribution is 0.134. The minimum Gasteiger partial charge on any atom is -0.445 e. The standard InChI is InChI=1S/C28H24FN3O2/c29-22-8-4-7-21(13-22)17-32-26-11-9-20(16-30)14-24(26)25-15-23(10-12-27(25)32)31-28(33)34-18-19-5-2-1-3-6-19/h1-9,11,13-14,23H,10,12,15,17-18H2,(H,31,33). The number of fused-ring (bicyclic) bond motifs is 3. The van der Waals surface area contributed by atoms with Crippen molar-refractivity contribution >= 4 is 17.0 Å². The van der Waals surface area contributed by atoms with Gasteiger partial charge in [-0.2, -0.15) is 5.26 Å². The highest BCUT2D eigenvalue weighted by molar-refractivity contribution is 5.87. The van der Waals surface area contributed by atoms with Crippen molar-refractivity contribution in [2.75, 3.05) is 0 Å². The molecule has 170 valence electrons. The van der Waals surface area contributed by atoms with E-state index >= 15 is 0 Å². The van der Waals surface area contributed by atoms with Crippen LogP contribution in [0.3, 0.4) is 0 Å². The first-order valence-electron chi connectivity index (χ1n) is 11.4. The molecule has 1 atom stereocenters. The molecule has 0 fully saturated rings. The van der Waals surface area contributed by atoms with E-state index in [4.69, 9.17) is 4.74 Å². The van der Waals surface area contributed by atoms with E-state index in [2.05, 4.69) is 16.0 Å². The van der Waals surface area contributed by atoms with Crippen LogP contribution in [-0.4, -0.2) is 16.7 Å². The molecule has 1 aliphatic carbocycles. The quantitative estimate of drug-likeness (QED) is 0.435. The van der Waals surface area contributed by atoms with Crippen molar-refractivity contribution < 1.29 is 13.9 Å². The minimum atomic E-state index is -0.432. The Kier molecular flexibility index (Phi) is 6.01. The van der Waals surface area contributed by atoms with Gasteiger partial charge in [-0.05, 0) is 66.3 Å². The van der Waals surface area contributed by atoms with E-state index in [1.54, 1.807) is 12.1 Å². The third kappa shape index (κ3) is 4.51. The van der Waals surface area contributed by atoms with Crippen LogP contribution in [0.1, 0.15) is 34.4 Å². The first kappa shape index (κ1) is 21.7. The predicted octanol–water partition coefficient (Wildman–Crippen LogP) is 5.48. The Hall–Kier alpha value is -4.11. The van der Waals surface area contributed by atoms with Crippen molar-refractivity contribution in [2.45, 2.75) is 38.5 Å². The minimum absolute atomic E-state index is 0.0604. The first-order chi connectivity index (χ1) is 16.6. The summed E-state index contributed by atoms with van der Waals surface area (Å²) < 4.78 is 21.4. The molecule has 0 spiro atoms. The molecule has 0 saturated heterocycles. The van der Waals surface area contributed by atoms with Crippen molar-refractivity contribution in [3.05, 3.63) is 107 Å². The number of halogens is 1. The van der Waals surface area contributed by atoms with Crippen LogP contribution in [0.2, 0.25) is 0 Å². The first-order valence-corrected chi connectivity index (χ1v) is 11.4. The van der Waals surface area contributed by atoms with Crippen molar-refractivity contribution in [2.24, 2.45) is 0 Å². The fourth-order valence-corrected chi connectivity index (χ4v) is 4.77. The van der Waals surface area contributed by atoms with Crippen LogP contribution < -0.4 is 5.32 Å². The van der Waals surface area contributed by atoms with Gasteiger partial charge in [0.1, 0.15) is 12.4 Å². The number of alkyl carbamates (subject to hydrolysis) is 1. The summed E-state index contributed by atoms with van der Waals surface area (Å²) in [6, 6.07) is 24.1. The van der Waals surface area contributed by atoms with Crippen molar-refractivity contribution in [1.82, 2.24) is 9.88 Å². The van der Waals surface area contributed by atoms with Gasteiger partial charge in [0.05, 0.1) is 11.6 Å². The lowest BCUT2D eigenvalue weighted by Gasteiger charge is -2.25. The normalized spacial score (nSPS) is 14.9. The second-order valence-electron chi connectivity index (χ2n) is 8.63. The van der Waals surface area contributed by atoms with Crippen LogP contribution in [0.25, 0.3) is 10.9 Å². The number of nitrogens with zero attached hydrogens (tertiary/aromatic N) is 2. The summed E-state index contributed by atoms with van der Waals surface area (Å²) in [5.74, 6) is -0.257. The maximum atomic E-state index is 13.8. The summed E-state index contributed by atoms with van der Waals surface area (Å²) in [5, 5.41) is 13.4. The van der Waals surface area contributed by atoms with Crippen LogP contribution in [0.5, 0.6) is 0 Å². The fourth-order valence-electron chi connectivity index (χ4n) is 4.77. The lowest BCUT2D eigenvalue weighted by atomic mass is 9.91. The third-order valence-electron chi connectivity index (χ3n) is 6.36. The Labute approximate surface area is 197 Å². The number of hydrogen-bond acceptors (Lipinski definition) is 3. The predicted molar refractivity (Wildman–Crippen MR) is 128 cm³/mol. The van der Waals surface area contributed by atoms with Crippen LogP contribution in [0.15, 0.2) is 72.8 Å². The van der Waals surface area contributed by atoms with E-state index in [-0.39, 0.29) is 18.5 Å². The summed E-state index contributed by atoms with van der Waals surface area (Å²) in [5.41, 5.74) is 5.73. The number of nitrogens with one attached hydrogen (secondary N) is 1. The molecular weight excluding hydrogens is 429 g/mol. The average Bonchev–Trinajstić information content (AvgIpc) is 3.15. The Morgan fingerprint density at radius 1 is 1.09 bits per heavy atom. The number of nitriles is 1. The smallest absolute Gasteiger partial charge is 0.407 e. The summed E-state index contributed by atoms with van der Waals surface area (Å²) >= 11 is 0. The lowest BCUT2D eigenvalue weighted by Crippen LogP contribution is -2.39. The number of aromatic nitrogens is 1. The van der Waals surface area contributed by atoms with Gasteiger partial charge in [0.2, 0.25) is 0 Å². The van der Waals surface area contributed by atoms with E-state index in [0.29, 0.717) is 18.5 Å². The highest BCUT2D eigenvalue weighted by atomic mass is 19.1. The van der Waals surface area contributed by atoms with Crippen LogP contribution >= 0.6 is 0 Å². The molecule has 1 aliphatic rings. The molecule has 5 nitrogen and oxygen atoms in total. The Balaban J connectivity index is 1.39. The van der Waals surface area contributed by atoms with Gasteiger partial charge in [-0.15, -0.1) is 0 Å². The zero-order valence-corrected chi connectivity index (χ0v) is 18.6. The van der Waals surface area contributed by atoms with Crippen LogP contribution in [0, 0.1) is 17.1 Å². The third-order valence-corrected chi connectivity index (χ3v) is 6.36. The molecule has 6 heteroatoms. The average molecular weight is 454 g/mol. The summed E-state index contributed by atoms with van der Waals surface area (Å²) in [6.07, 6.45) is 1.76. The number of benzene rings is 3. The second-order valence-corrected chi connectivity index (χ2v) is 8.63. The molecule has 5 rings (SSSR count). The van der Waals surface area contributed by atoms with Gasteiger partial charge in [-0.1, -0.05) is 42.5 Å². The number of amides is 1. The molecule has 0 aliphatic heterocycles. The Morgan fingerprint density at radius 3 is 2.71 bits per heavy atom. The number of ether oxygens (including phenoxy) is 1. The molecule has 3 aromatic carbocycles. The Morgan fingerprint density at radius 2 is 1.91 bits per heavy atom. The number of carbonyl (C=O) groups excluding carboxylic acids is 1. The number of hydrogen-bond donors (Lipinski definition) is 1. The van der Waals surface area contributed by atoms with Crippen molar-refractivity contribution in [1.29, 1.82) is 5.26 Å². The zero-order valence-electron chi connectivity index (χ0n) is 18.6. The van der Waals surface area contributed by atoms with E-state index in [1.165, 1.54) is 11.8 Å². The molecule has 0 bridgehead atoms. The molecule has 0 saturated carbocycles. The summed E-state index contributed by atoms with van der Waals surface area (Å²) in [7, 11) is 0. The fraction of sp³-hybridized carbons (Fsp3) is 0.214.